The van der Waals surface area contributed by atoms with Gasteiger partial charge in [0.2, 0.25) is 0 Å². The zero-order valence-electron chi connectivity index (χ0n) is 19.8. The summed E-state index contributed by atoms with van der Waals surface area (Å²) in [5.41, 5.74) is 3.68. The molecular formula is C25H24FN7O2S. The van der Waals surface area contributed by atoms with Gasteiger partial charge < -0.3 is 10.0 Å². The van der Waals surface area contributed by atoms with Crippen LogP contribution in [0.5, 0.6) is 0 Å². The van der Waals surface area contributed by atoms with E-state index in [1.807, 2.05) is 23.9 Å². The maximum Gasteiger partial charge on any atom is 0.251 e. The lowest BCUT2D eigenvalue weighted by Crippen LogP contribution is -2.43. The van der Waals surface area contributed by atoms with Crippen LogP contribution in [0.15, 0.2) is 52.9 Å². The van der Waals surface area contributed by atoms with Gasteiger partial charge in [0.05, 0.1) is 29.5 Å². The number of aliphatic hydroxyl groups is 1. The molecule has 0 spiro atoms. The number of piperidine rings is 1. The highest BCUT2D eigenvalue weighted by Gasteiger charge is 2.27. The van der Waals surface area contributed by atoms with Gasteiger partial charge in [-0.05, 0) is 44.9 Å². The highest BCUT2D eigenvalue weighted by atomic mass is 32.2. The number of aromatic nitrogens is 5. The fourth-order valence-corrected chi connectivity index (χ4v) is 5.59. The summed E-state index contributed by atoms with van der Waals surface area (Å²) in [4.78, 5) is 18.6. The van der Waals surface area contributed by atoms with Gasteiger partial charge in [-0.2, -0.15) is 15.5 Å². The number of likely N-dealkylation sites (tertiary alicyclic amines) is 1. The zero-order chi connectivity index (χ0) is 25.4. The molecule has 36 heavy (non-hydrogen) atoms. The van der Waals surface area contributed by atoms with Crippen LogP contribution >= 0.6 is 11.8 Å². The van der Waals surface area contributed by atoms with Gasteiger partial charge in [-0.25, -0.2) is 13.9 Å². The monoisotopic (exact) mass is 505 g/mol. The normalized spacial score (nSPS) is 15.2. The Hall–Kier alpha value is -3.75. The standard InChI is InChI=1S/C25H24FN7O2S/c1-15-20(13-30-33(15)19-5-8-31(9-6-19)25(35)16(2)34)17-10-22(36-24-21(26)4-3-7-28-24)23-18(11-27)12-29-32(23)14-17/h3-4,7,10,12-14,16,19,34H,5-6,8-9H2,1-2H3. The maximum atomic E-state index is 14.4. The molecule has 1 aliphatic heterocycles. The van der Waals surface area contributed by atoms with Crippen molar-refractivity contribution >= 4 is 23.2 Å². The molecule has 1 N–H and O–H groups in total. The van der Waals surface area contributed by atoms with Crippen LogP contribution in [-0.4, -0.2) is 59.5 Å². The Bertz CT molecular complexity index is 1480. The second kappa shape index (κ2) is 9.72. The minimum absolute atomic E-state index is 0.131. The Labute approximate surface area is 211 Å². The number of nitrogens with zero attached hydrogens (tertiary/aromatic N) is 7. The minimum atomic E-state index is -0.995. The highest BCUT2D eigenvalue weighted by molar-refractivity contribution is 7.99. The van der Waals surface area contributed by atoms with Crippen molar-refractivity contribution in [2.24, 2.45) is 0 Å². The van der Waals surface area contributed by atoms with Crippen LogP contribution in [0.1, 0.15) is 37.1 Å². The fourth-order valence-electron chi connectivity index (χ4n) is 4.61. The smallest absolute Gasteiger partial charge is 0.251 e. The van der Waals surface area contributed by atoms with Crippen molar-refractivity contribution < 1.29 is 14.3 Å². The van der Waals surface area contributed by atoms with Crippen molar-refractivity contribution in [2.75, 3.05) is 13.1 Å². The molecule has 0 aliphatic carbocycles. The number of amides is 1. The van der Waals surface area contributed by atoms with Crippen LogP contribution in [0.2, 0.25) is 0 Å². The Balaban J connectivity index is 1.48. The lowest BCUT2D eigenvalue weighted by Gasteiger charge is -2.33. The number of aliphatic hydroxyl groups excluding tert-OH is 1. The summed E-state index contributed by atoms with van der Waals surface area (Å²) in [6.45, 7) is 4.61. The lowest BCUT2D eigenvalue weighted by atomic mass is 10.0. The van der Waals surface area contributed by atoms with E-state index in [0.717, 1.165) is 41.4 Å². The highest BCUT2D eigenvalue weighted by Crippen LogP contribution is 2.37. The summed E-state index contributed by atoms with van der Waals surface area (Å²) in [6, 6.07) is 7.09. The van der Waals surface area contributed by atoms with Crippen LogP contribution in [0.4, 0.5) is 4.39 Å². The zero-order valence-corrected chi connectivity index (χ0v) is 20.6. The van der Waals surface area contributed by atoms with E-state index < -0.39 is 11.9 Å². The van der Waals surface area contributed by atoms with Crippen LogP contribution in [-0.2, 0) is 4.79 Å². The molecule has 0 aromatic carbocycles. The molecule has 0 saturated carbocycles. The number of pyridine rings is 2. The molecule has 4 aromatic rings. The van der Waals surface area contributed by atoms with Crippen LogP contribution in [0.3, 0.4) is 0 Å². The molecule has 9 nitrogen and oxygen atoms in total. The first-order valence-corrected chi connectivity index (χ1v) is 12.4. The van der Waals surface area contributed by atoms with Gasteiger partial charge in [0.25, 0.3) is 5.91 Å². The number of fused-ring (bicyclic) bond motifs is 1. The van der Waals surface area contributed by atoms with Crippen molar-refractivity contribution in [2.45, 2.75) is 48.8 Å². The molecule has 1 aliphatic rings. The molecular weight excluding hydrogens is 481 g/mol. The molecule has 1 unspecified atom stereocenters. The lowest BCUT2D eigenvalue weighted by molar-refractivity contribution is -0.140. The Morgan fingerprint density at radius 3 is 2.78 bits per heavy atom. The van der Waals surface area contributed by atoms with Gasteiger partial charge in [-0.3, -0.25) is 9.48 Å². The van der Waals surface area contributed by atoms with E-state index in [0.29, 0.717) is 29.1 Å². The predicted molar refractivity (Wildman–Crippen MR) is 131 cm³/mol. The first-order valence-electron chi connectivity index (χ1n) is 11.6. The third kappa shape index (κ3) is 4.34. The molecule has 4 aromatic heterocycles. The third-order valence-electron chi connectivity index (χ3n) is 6.46. The second-order valence-corrected chi connectivity index (χ2v) is 9.80. The van der Waals surface area contributed by atoms with E-state index in [1.165, 1.54) is 31.5 Å². The SMILES string of the molecule is Cc1c(-c2cc(Sc3ncccc3F)c3c(C#N)cnn3c2)cnn1C1CCN(C(=O)C(C)O)CC1. The quantitative estimate of drug-likeness (QED) is 0.441. The van der Waals surface area contributed by atoms with E-state index in [-0.39, 0.29) is 17.0 Å². The number of halogens is 1. The largest absolute Gasteiger partial charge is 0.384 e. The van der Waals surface area contributed by atoms with Gasteiger partial charge in [0, 0.05) is 47.2 Å². The summed E-state index contributed by atoms with van der Waals surface area (Å²) < 4.78 is 18.0. The fraction of sp³-hybridized carbons (Fsp3) is 0.320. The Kier molecular flexibility index (Phi) is 6.47. The van der Waals surface area contributed by atoms with E-state index >= 15 is 0 Å². The third-order valence-corrected chi connectivity index (χ3v) is 7.49. The van der Waals surface area contributed by atoms with Gasteiger partial charge in [-0.15, -0.1) is 0 Å². The topological polar surface area (TPSA) is 112 Å². The van der Waals surface area contributed by atoms with Gasteiger partial charge >= 0.3 is 0 Å². The molecule has 5 heterocycles. The molecule has 1 amide bonds. The van der Waals surface area contributed by atoms with E-state index in [9.17, 15) is 19.6 Å². The molecule has 0 radical (unpaired) electrons. The Morgan fingerprint density at radius 2 is 2.08 bits per heavy atom. The predicted octanol–water partition coefficient (Wildman–Crippen LogP) is 3.61. The van der Waals surface area contributed by atoms with Crippen molar-refractivity contribution in [3.63, 3.8) is 0 Å². The summed E-state index contributed by atoms with van der Waals surface area (Å²) in [7, 11) is 0. The van der Waals surface area contributed by atoms with E-state index in [4.69, 9.17) is 0 Å². The summed E-state index contributed by atoms with van der Waals surface area (Å²) in [5.74, 6) is -0.682. The van der Waals surface area contributed by atoms with Gasteiger partial charge in [0.15, 0.2) is 5.82 Å². The summed E-state index contributed by atoms with van der Waals surface area (Å²) in [6.07, 6.45) is 7.15. The van der Waals surface area contributed by atoms with Crippen LogP contribution < -0.4 is 0 Å². The molecule has 1 fully saturated rings. The van der Waals surface area contributed by atoms with Crippen molar-refractivity contribution in [1.82, 2.24) is 29.3 Å². The first kappa shape index (κ1) is 24.0. The van der Waals surface area contributed by atoms with E-state index in [1.54, 1.807) is 15.6 Å². The number of nitriles is 1. The second-order valence-electron chi connectivity index (χ2n) is 8.77. The van der Waals surface area contributed by atoms with Crippen LogP contribution in [0, 0.1) is 24.1 Å². The molecule has 1 atom stereocenters. The molecule has 1 saturated heterocycles. The number of hydrogen-bond donors (Lipinski definition) is 1. The molecule has 184 valence electrons. The van der Waals surface area contributed by atoms with Crippen molar-refractivity contribution in [3.05, 3.63) is 60.1 Å². The Morgan fingerprint density at radius 1 is 1.31 bits per heavy atom. The summed E-state index contributed by atoms with van der Waals surface area (Å²) in [5, 5.41) is 28.4. The number of carbonyl (C=O) groups excluding carboxylic acids is 1. The molecule has 5 rings (SSSR count). The summed E-state index contributed by atoms with van der Waals surface area (Å²) >= 11 is 1.15. The first-order chi connectivity index (χ1) is 17.4. The van der Waals surface area contributed by atoms with Gasteiger partial charge in [0.1, 0.15) is 17.2 Å². The molecule has 11 heteroatoms. The molecule has 0 bridgehead atoms. The van der Waals surface area contributed by atoms with Gasteiger partial charge in [-0.1, -0.05) is 11.8 Å². The van der Waals surface area contributed by atoms with Crippen molar-refractivity contribution in [3.8, 4) is 17.2 Å². The van der Waals surface area contributed by atoms with Crippen molar-refractivity contribution in [1.29, 1.82) is 5.26 Å². The van der Waals surface area contributed by atoms with E-state index in [2.05, 4.69) is 21.3 Å². The minimum Gasteiger partial charge on any atom is -0.384 e. The number of carbonyl (C=O) groups is 1. The number of hydrogen-bond acceptors (Lipinski definition) is 7. The number of rotatable bonds is 5. The average molecular weight is 506 g/mol. The maximum absolute atomic E-state index is 14.4. The average Bonchev–Trinajstić information content (AvgIpc) is 3.48. The van der Waals surface area contributed by atoms with Crippen LogP contribution in [0.25, 0.3) is 16.6 Å².